The van der Waals surface area contributed by atoms with Crippen LogP contribution in [-0.4, -0.2) is 70.1 Å². The molecule has 1 spiro atoms. The van der Waals surface area contributed by atoms with Gasteiger partial charge in [-0.25, -0.2) is 0 Å². The number of likely N-dealkylation sites (tertiary alicyclic amines) is 1. The molecular formula is C26H33ClN2O5S. The Labute approximate surface area is 215 Å². The van der Waals surface area contributed by atoms with E-state index in [2.05, 4.69) is 13.5 Å². The van der Waals surface area contributed by atoms with Crippen molar-refractivity contribution < 1.29 is 24.2 Å². The Hall–Kier alpha value is -2.03. The minimum Gasteiger partial charge on any atom is -0.466 e. The highest BCUT2D eigenvalue weighted by Gasteiger charge is 2.76. The van der Waals surface area contributed by atoms with Gasteiger partial charge in [-0.05, 0) is 44.2 Å². The predicted molar refractivity (Wildman–Crippen MR) is 137 cm³/mol. The number of carbonyl (C=O) groups is 3. The Morgan fingerprint density at radius 2 is 2.17 bits per heavy atom. The summed E-state index contributed by atoms with van der Waals surface area (Å²) in [5.74, 6) is -1.97. The molecule has 0 aromatic heterocycles. The molecule has 6 atom stereocenters. The van der Waals surface area contributed by atoms with E-state index < -0.39 is 22.6 Å². The number of benzene rings is 1. The lowest BCUT2D eigenvalue weighted by Gasteiger charge is -2.40. The summed E-state index contributed by atoms with van der Waals surface area (Å²) in [6.07, 6.45) is 2.73. The van der Waals surface area contributed by atoms with Crippen molar-refractivity contribution in [2.24, 2.45) is 17.8 Å². The fourth-order valence-corrected chi connectivity index (χ4v) is 9.05. The lowest BCUT2D eigenvalue weighted by molar-refractivity contribution is -0.154. The average Bonchev–Trinajstić information content (AvgIpc) is 3.40. The molecule has 0 saturated carbocycles. The number of carbonyl (C=O) groups excluding carboxylic acids is 3. The number of aryl methyl sites for hydroxylation is 1. The van der Waals surface area contributed by atoms with Gasteiger partial charge in [0.05, 0.1) is 33.9 Å². The maximum atomic E-state index is 14.5. The Kier molecular flexibility index (Phi) is 7.55. The number of hydrogen-bond donors (Lipinski definition) is 1. The number of thioether (sulfide) groups is 1. The second-order valence-electron chi connectivity index (χ2n) is 9.56. The third kappa shape index (κ3) is 3.98. The van der Waals surface area contributed by atoms with Crippen LogP contribution in [0.15, 0.2) is 30.9 Å². The van der Waals surface area contributed by atoms with Crippen molar-refractivity contribution in [2.75, 3.05) is 31.2 Å². The topological polar surface area (TPSA) is 87.2 Å². The maximum absolute atomic E-state index is 14.5. The summed E-state index contributed by atoms with van der Waals surface area (Å²) in [4.78, 5) is 44.6. The zero-order valence-electron chi connectivity index (χ0n) is 20.4. The Morgan fingerprint density at radius 1 is 1.43 bits per heavy atom. The highest BCUT2D eigenvalue weighted by Crippen LogP contribution is 2.68. The second-order valence-corrected chi connectivity index (χ2v) is 11.5. The fraction of sp³-hybridized carbons (Fsp3) is 0.577. The second kappa shape index (κ2) is 10.1. The molecule has 3 aliphatic heterocycles. The Bertz CT molecular complexity index is 1010. The molecule has 3 fully saturated rings. The zero-order valence-corrected chi connectivity index (χ0v) is 22.0. The van der Waals surface area contributed by atoms with Gasteiger partial charge in [-0.15, -0.1) is 18.3 Å². The van der Waals surface area contributed by atoms with Crippen LogP contribution < -0.4 is 4.90 Å². The molecule has 3 unspecified atom stereocenters. The van der Waals surface area contributed by atoms with Gasteiger partial charge < -0.3 is 19.6 Å². The molecule has 1 aromatic carbocycles. The van der Waals surface area contributed by atoms with Crippen LogP contribution in [0.2, 0.25) is 5.02 Å². The first-order valence-electron chi connectivity index (χ1n) is 12.2. The van der Waals surface area contributed by atoms with E-state index in [9.17, 15) is 19.5 Å². The average molecular weight is 521 g/mol. The Balaban J connectivity index is 1.83. The highest BCUT2D eigenvalue weighted by atomic mass is 35.5. The first-order chi connectivity index (χ1) is 16.7. The lowest BCUT2D eigenvalue weighted by Crippen LogP contribution is -2.57. The number of nitrogens with zero attached hydrogens (tertiary/aromatic N) is 2. The number of fused-ring (bicyclic) bond motifs is 1. The lowest BCUT2D eigenvalue weighted by atomic mass is 9.66. The molecule has 3 aliphatic rings. The summed E-state index contributed by atoms with van der Waals surface area (Å²) >= 11 is 8.17. The van der Waals surface area contributed by atoms with Gasteiger partial charge in [0.25, 0.3) is 5.91 Å². The molecule has 2 amide bonds. The minimum atomic E-state index is -0.786. The summed E-state index contributed by atoms with van der Waals surface area (Å²) in [5.41, 5.74) is 1.44. The van der Waals surface area contributed by atoms with Gasteiger partial charge in [-0.3, -0.25) is 14.4 Å². The van der Waals surface area contributed by atoms with Crippen molar-refractivity contribution in [1.29, 1.82) is 0 Å². The van der Waals surface area contributed by atoms with Crippen LogP contribution in [0.1, 0.15) is 32.3 Å². The number of hydrogen-bond acceptors (Lipinski definition) is 6. The van der Waals surface area contributed by atoms with Gasteiger partial charge in [0.1, 0.15) is 6.04 Å². The van der Waals surface area contributed by atoms with Crippen LogP contribution in [0.5, 0.6) is 0 Å². The van der Waals surface area contributed by atoms with Gasteiger partial charge in [-0.2, -0.15) is 0 Å². The van der Waals surface area contributed by atoms with Gasteiger partial charge in [-0.1, -0.05) is 36.7 Å². The van der Waals surface area contributed by atoms with Crippen LogP contribution >= 0.6 is 23.4 Å². The summed E-state index contributed by atoms with van der Waals surface area (Å²) in [7, 11) is 0. The van der Waals surface area contributed by atoms with Crippen molar-refractivity contribution in [3.8, 4) is 0 Å². The van der Waals surface area contributed by atoms with Crippen molar-refractivity contribution in [2.45, 2.75) is 49.7 Å². The van der Waals surface area contributed by atoms with E-state index in [4.69, 9.17) is 16.3 Å². The standard InChI is InChI=1S/C26H33ClN2O5S/c1-5-11-28(21-15(3)9-7-10-17(21)27)24(32)22-26-16(4)14-18(35-26)19(25(33)34-6-2)20(26)23(31)29(22)12-8-13-30/h5,7,9-10,16,18-20,22,30H,1,6,8,11-14H2,2-4H3/t16?,18-,19+,20+,22?,26?/m1/s1. The molecule has 2 bridgehead atoms. The van der Waals surface area contributed by atoms with E-state index in [0.717, 1.165) is 12.0 Å². The smallest absolute Gasteiger partial charge is 0.310 e. The van der Waals surface area contributed by atoms with Gasteiger partial charge in [0.2, 0.25) is 5.91 Å². The van der Waals surface area contributed by atoms with Crippen molar-refractivity contribution in [3.63, 3.8) is 0 Å². The first-order valence-corrected chi connectivity index (χ1v) is 13.4. The molecule has 9 heteroatoms. The fourth-order valence-electron chi connectivity index (χ4n) is 6.32. The summed E-state index contributed by atoms with van der Waals surface area (Å²) in [6, 6.07) is 4.68. The molecule has 7 nitrogen and oxygen atoms in total. The number of halogens is 1. The number of esters is 1. The number of rotatable bonds is 9. The predicted octanol–water partition coefficient (Wildman–Crippen LogP) is 3.45. The quantitative estimate of drug-likeness (QED) is 0.396. The highest BCUT2D eigenvalue weighted by molar-refractivity contribution is 8.02. The number of anilines is 1. The van der Waals surface area contributed by atoms with E-state index in [-0.39, 0.29) is 55.3 Å². The van der Waals surface area contributed by atoms with Gasteiger partial charge >= 0.3 is 5.97 Å². The van der Waals surface area contributed by atoms with Gasteiger partial charge in [0, 0.05) is 24.9 Å². The summed E-state index contributed by atoms with van der Waals surface area (Å²) in [5, 5.41) is 9.91. The molecule has 1 aromatic rings. The zero-order chi connectivity index (χ0) is 25.5. The van der Waals surface area contributed by atoms with E-state index in [1.807, 2.05) is 19.1 Å². The third-order valence-electron chi connectivity index (χ3n) is 7.63. The van der Waals surface area contributed by atoms with Crippen LogP contribution in [0.4, 0.5) is 5.69 Å². The largest absolute Gasteiger partial charge is 0.466 e. The number of ether oxygens (including phenoxy) is 1. The van der Waals surface area contributed by atoms with E-state index in [0.29, 0.717) is 17.1 Å². The van der Waals surface area contributed by atoms with E-state index >= 15 is 0 Å². The molecule has 1 N–H and O–H groups in total. The van der Waals surface area contributed by atoms with Crippen LogP contribution in [0, 0.1) is 24.7 Å². The summed E-state index contributed by atoms with van der Waals surface area (Å²) in [6.45, 7) is 10.2. The van der Waals surface area contributed by atoms with E-state index in [1.54, 1.807) is 40.6 Å². The molecule has 3 heterocycles. The SMILES string of the molecule is C=CCN(C(=O)C1N(CCCO)C(=O)[C@@H]2[C@@H](C(=O)OCC)[C@H]3CC(C)C12S3)c1c(C)cccc1Cl. The molecule has 3 saturated heterocycles. The van der Waals surface area contributed by atoms with Crippen LogP contribution in [0.25, 0.3) is 0 Å². The molecule has 4 rings (SSSR count). The summed E-state index contributed by atoms with van der Waals surface area (Å²) < 4.78 is 4.63. The Morgan fingerprint density at radius 3 is 2.80 bits per heavy atom. The van der Waals surface area contributed by atoms with E-state index in [1.165, 1.54) is 0 Å². The molecule has 35 heavy (non-hydrogen) atoms. The molecule has 190 valence electrons. The first kappa shape index (κ1) is 26.0. The third-order valence-corrected chi connectivity index (χ3v) is 10.0. The number of amides is 2. The molecular weight excluding hydrogens is 488 g/mol. The maximum Gasteiger partial charge on any atom is 0.310 e. The normalized spacial score (nSPS) is 30.9. The molecule has 0 radical (unpaired) electrons. The van der Waals surface area contributed by atoms with Crippen molar-refractivity contribution in [1.82, 2.24) is 4.90 Å². The van der Waals surface area contributed by atoms with Crippen molar-refractivity contribution in [3.05, 3.63) is 41.4 Å². The molecule has 0 aliphatic carbocycles. The number of aliphatic hydroxyl groups is 1. The number of para-hydroxylation sites is 1. The monoisotopic (exact) mass is 520 g/mol. The van der Waals surface area contributed by atoms with Crippen LogP contribution in [-0.2, 0) is 19.1 Å². The minimum absolute atomic E-state index is 0.0446. The number of aliphatic hydroxyl groups excluding tert-OH is 1. The van der Waals surface area contributed by atoms with Crippen LogP contribution in [0.3, 0.4) is 0 Å². The van der Waals surface area contributed by atoms with Gasteiger partial charge in [0.15, 0.2) is 0 Å². The van der Waals surface area contributed by atoms with Crippen molar-refractivity contribution >= 4 is 46.8 Å².